The minimum atomic E-state index is -0.215. The van der Waals surface area contributed by atoms with Gasteiger partial charge in [-0.05, 0) is 37.3 Å². The fraction of sp³-hybridized carbons (Fsp3) is 0.154. The Bertz CT molecular complexity index is 578. The quantitative estimate of drug-likeness (QED) is 0.838. The standard InChI is InChI=1S/C13H13ClN2O2/c1-8-2-4-10(18-8)7-16-13(17)9-3-5-11(14)12(15)6-9/h2-6H,7,15H2,1H3,(H,16,17). The molecule has 2 rings (SSSR count). The zero-order chi connectivity index (χ0) is 13.1. The molecule has 1 aromatic carbocycles. The van der Waals surface area contributed by atoms with Crippen LogP contribution in [-0.2, 0) is 6.54 Å². The highest BCUT2D eigenvalue weighted by Crippen LogP contribution is 2.19. The van der Waals surface area contributed by atoms with E-state index in [0.29, 0.717) is 28.6 Å². The Morgan fingerprint density at radius 1 is 1.39 bits per heavy atom. The fourth-order valence-electron chi connectivity index (χ4n) is 1.53. The minimum absolute atomic E-state index is 0.215. The van der Waals surface area contributed by atoms with Crippen LogP contribution in [0.15, 0.2) is 34.7 Å². The van der Waals surface area contributed by atoms with Gasteiger partial charge in [0.2, 0.25) is 0 Å². The summed E-state index contributed by atoms with van der Waals surface area (Å²) in [7, 11) is 0. The number of anilines is 1. The highest BCUT2D eigenvalue weighted by molar-refractivity contribution is 6.33. The van der Waals surface area contributed by atoms with E-state index in [1.165, 1.54) is 0 Å². The summed E-state index contributed by atoms with van der Waals surface area (Å²) in [6, 6.07) is 8.45. The number of benzene rings is 1. The third-order valence-corrected chi connectivity index (χ3v) is 2.82. The number of aryl methyl sites for hydroxylation is 1. The van der Waals surface area contributed by atoms with Crippen LogP contribution in [0.1, 0.15) is 21.9 Å². The number of nitrogens with two attached hydrogens (primary N) is 1. The van der Waals surface area contributed by atoms with Crippen molar-refractivity contribution in [3.05, 3.63) is 52.4 Å². The fourth-order valence-corrected chi connectivity index (χ4v) is 1.65. The number of hydrogen-bond acceptors (Lipinski definition) is 3. The molecule has 0 unspecified atom stereocenters. The maximum atomic E-state index is 11.8. The largest absolute Gasteiger partial charge is 0.465 e. The molecular weight excluding hydrogens is 252 g/mol. The predicted molar refractivity (Wildman–Crippen MR) is 70.5 cm³/mol. The van der Waals surface area contributed by atoms with Gasteiger partial charge < -0.3 is 15.5 Å². The molecule has 2 aromatic rings. The number of carbonyl (C=O) groups excluding carboxylic acids is 1. The molecule has 0 atom stereocenters. The van der Waals surface area contributed by atoms with Gasteiger partial charge in [-0.1, -0.05) is 11.6 Å². The van der Waals surface area contributed by atoms with Crippen molar-refractivity contribution in [2.45, 2.75) is 13.5 Å². The molecule has 5 heteroatoms. The number of nitrogens with one attached hydrogen (secondary N) is 1. The lowest BCUT2D eigenvalue weighted by atomic mass is 10.2. The first-order chi connectivity index (χ1) is 8.56. The Labute approximate surface area is 110 Å². The number of rotatable bonds is 3. The summed E-state index contributed by atoms with van der Waals surface area (Å²) >= 11 is 5.79. The summed E-state index contributed by atoms with van der Waals surface area (Å²) in [5.74, 6) is 1.31. The van der Waals surface area contributed by atoms with Gasteiger partial charge in [-0.25, -0.2) is 0 Å². The first-order valence-electron chi connectivity index (χ1n) is 5.45. The van der Waals surface area contributed by atoms with E-state index in [9.17, 15) is 4.79 Å². The second kappa shape index (κ2) is 5.14. The highest BCUT2D eigenvalue weighted by atomic mass is 35.5. The van der Waals surface area contributed by atoms with Crippen LogP contribution >= 0.6 is 11.6 Å². The van der Waals surface area contributed by atoms with Crippen molar-refractivity contribution in [3.63, 3.8) is 0 Å². The smallest absolute Gasteiger partial charge is 0.251 e. The van der Waals surface area contributed by atoms with E-state index >= 15 is 0 Å². The van der Waals surface area contributed by atoms with E-state index in [2.05, 4.69) is 5.32 Å². The summed E-state index contributed by atoms with van der Waals surface area (Å²) < 4.78 is 5.35. The topological polar surface area (TPSA) is 68.3 Å². The van der Waals surface area contributed by atoms with Gasteiger partial charge in [-0.15, -0.1) is 0 Å². The van der Waals surface area contributed by atoms with Crippen LogP contribution < -0.4 is 11.1 Å². The van der Waals surface area contributed by atoms with E-state index < -0.39 is 0 Å². The second-order valence-corrected chi connectivity index (χ2v) is 4.34. The third kappa shape index (κ3) is 2.84. The van der Waals surface area contributed by atoms with Crippen LogP contribution in [0.25, 0.3) is 0 Å². The molecule has 0 aliphatic heterocycles. The van der Waals surface area contributed by atoms with Gasteiger partial charge in [-0.3, -0.25) is 4.79 Å². The van der Waals surface area contributed by atoms with Crippen LogP contribution in [0.3, 0.4) is 0 Å². The molecule has 4 nitrogen and oxygen atoms in total. The molecule has 0 spiro atoms. The average molecular weight is 265 g/mol. The number of hydrogen-bond donors (Lipinski definition) is 2. The van der Waals surface area contributed by atoms with E-state index in [-0.39, 0.29) is 5.91 Å². The molecule has 1 heterocycles. The number of amides is 1. The van der Waals surface area contributed by atoms with Gasteiger partial charge in [0.25, 0.3) is 5.91 Å². The SMILES string of the molecule is Cc1ccc(CNC(=O)c2ccc(Cl)c(N)c2)o1. The number of halogens is 1. The van der Waals surface area contributed by atoms with Gasteiger partial charge in [0.05, 0.1) is 17.3 Å². The summed E-state index contributed by atoms with van der Waals surface area (Å²) in [6.07, 6.45) is 0. The number of carbonyl (C=O) groups is 1. The Balaban J connectivity index is 2.01. The summed E-state index contributed by atoms with van der Waals surface area (Å²) in [6.45, 7) is 2.19. The monoisotopic (exact) mass is 264 g/mol. The molecule has 0 fully saturated rings. The first-order valence-corrected chi connectivity index (χ1v) is 5.82. The zero-order valence-corrected chi connectivity index (χ0v) is 10.6. The van der Waals surface area contributed by atoms with Crippen LogP contribution in [0.5, 0.6) is 0 Å². The van der Waals surface area contributed by atoms with Crippen molar-refractivity contribution in [3.8, 4) is 0 Å². The van der Waals surface area contributed by atoms with Gasteiger partial charge in [0.1, 0.15) is 11.5 Å². The van der Waals surface area contributed by atoms with Gasteiger partial charge in [0.15, 0.2) is 0 Å². The maximum absolute atomic E-state index is 11.8. The molecule has 0 aliphatic rings. The second-order valence-electron chi connectivity index (χ2n) is 3.93. The Morgan fingerprint density at radius 2 is 2.17 bits per heavy atom. The summed E-state index contributed by atoms with van der Waals surface area (Å²) in [5.41, 5.74) is 6.50. The van der Waals surface area contributed by atoms with Crippen LogP contribution in [0.2, 0.25) is 5.02 Å². The lowest BCUT2D eigenvalue weighted by molar-refractivity contribution is 0.0948. The predicted octanol–water partition coefficient (Wildman–Crippen LogP) is 2.75. The molecule has 0 radical (unpaired) electrons. The van der Waals surface area contributed by atoms with E-state index in [1.54, 1.807) is 18.2 Å². The van der Waals surface area contributed by atoms with E-state index in [1.807, 2.05) is 19.1 Å². The molecule has 0 saturated heterocycles. The zero-order valence-electron chi connectivity index (χ0n) is 9.87. The normalized spacial score (nSPS) is 10.3. The van der Waals surface area contributed by atoms with Crippen molar-refractivity contribution in [2.75, 3.05) is 5.73 Å². The molecular formula is C13H13ClN2O2. The lowest BCUT2D eigenvalue weighted by Gasteiger charge is -2.05. The molecule has 0 bridgehead atoms. The number of furan rings is 1. The van der Waals surface area contributed by atoms with Crippen LogP contribution in [0, 0.1) is 6.92 Å². The van der Waals surface area contributed by atoms with Crippen molar-refractivity contribution in [1.29, 1.82) is 0 Å². The van der Waals surface area contributed by atoms with Crippen molar-refractivity contribution >= 4 is 23.2 Å². The molecule has 1 amide bonds. The van der Waals surface area contributed by atoms with Crippen molar-refractivity contribution in [2.24, 2.45) is 0 Å². The Morgan fingerprint density at radius 3 is 2.78 bits per heavy atom. The Kier molecular flexibility index (Phi) is 3.58. The third-order valence-electron chi connectivity index (χ3n) is 2.48. The minimum Gasteiger partial charge on any atom is -0.465 e. The Hall–Kier alpha value is -1.94. The average Bonchev–Trinajstić information content (AvgIpc) is 2.75. The van der Waals surface area contributed by atoms with Gasteiger partial charge in [0, 0.05) is 5.56 Å². The molecule has 94 valence electrons. The van der Waals surface area contributed by atoms with Crippen LogP contribution in [-0.4, -0.2) is 5.91 Å². The molecule has 0 saturated carbocycles. The molecule has 3 N–H and O–H groups in total. The summed E-state index contributed by atoms with van der Waals surface area (Å²) in [5, 5.41) is 3.18. The maximum Gasteiger partial charge on any atom is 0.251 e. The van der Waals surface area contributed by atoms with E-state index in [4.69, 9.17) is 21.8 Å². The molecule has 18 heavy (non-hydrogen) atoms. The first kappa shape index (κ1) is 12.5. The van der Waals surface area contributed by atoms with Crippen LogP contribution in [0.4, 0.5) is 5.69 Å². The summed E-state index contributed by atoms with van der Waals surface area (Å²) in [4.78, 5) is 11.8. The lowest BCUT2D eigenvalue weighted by Crippen LogP contribution is -2.22. The highest BCUT2D eigenvalue weighted by Gasteiger charge is 2.08. The molecule has 1 aromatic heterocycles. The van der Waals surface area contributed by atoms with Gasteiger partial charge in [-0.2, -0.15) is 0 Å². The van der Waals surface area contributed by atoms with Gasteiger partial charge >= 0.3 is 0 Å². The van der Waals surface area contributed by atoms with E-state index in [0.717, 1.165) is 5.76 Å². The van der Waals surface area contributed by atoms with Crippen molar-refractivity contribution < 1.29 is 9.21 Å². The number of nitrogen functional groups attached to an aromatic ring is 1. The molecule has 0 aliphatic carbocycles. The van der Waals surface area contributed by atoms with Crippen molar-refractivity contribution in [1.82, 2.24) is 5.32 Å².